The van der Waals surface area contributed by atoms with E-state index in [1.807, 2.05) is 4.90 Å². The molecule has 16 heavy (non-hydrogen) atoms. The fourth-order valence-electron chi connectivity index (χ4n) is 2.78. The van der Waals surface area contributed by atoms with Crippen LogP contribution in [0.2, 0.25) is 0 Å². The number of nitrogens with one attached hydrogen (secondary N) is 1. The molecule has 2 aliphatic heterocycles. The van der Waals surface area contributed by atoms with E-state index >= 15 is 0 Å². The summed E-state index contributed by atoms with van der Waals surface area (Å²) in [7, 11) is 0. The first-order valence-corrected chi connectivity index (χ1v) is 5.88. The number of nitrogens with zero attached hydrogens (tertiary/aromatic N) is 1. The van der Waals surface area contributed by atoms with Crippen LogP contribution >= 0.6 is 0 Å². The molecule has 1 aromatic heterocycles. The number of piperidine rings is 1. The van der Waals surface area contributed by atoms with Crippen molar-refractivity contribution in [3.8, 4) is 0 Å². The van der Waals surface area contributed by atoms with E-state index in [0.717, 1.165) is 38.5 Å². The van der Waals surface area contributed by atoms with Crippen LogP contribution in [0.15, 0.2) is 22.8 Å². The zero-order chi connectivity index (χ0) is 11.0. The second kappa shape index (κ2) is 3.94. The molecule has 1 N–H and O–H groups in total. The Morgan fingerprint density at radius 3 is 3.12 bits per heavy atom. The number of carbonyl (C=O) groups excluding carboxylic acids is 1. The molecule has 2 saturated heterocycles. The first kappa shape index (κ1) is 9.90. The molecular weight excluding hydrogens is 204 g/mol. The van der Waals surface area contributed by atoms with Crippen molar-refractivity contribution in [2.75, 3.05) is 26.2 Å². The minimum atomic E-state index is 0.0374. The largest absolute Gasteiger partial charge is 0.459 e. The highest BCUT2D eigenvalue weighted by molar-refractivity contribution is 5.91. The summed E-state index contributed by atoms with van der Waals surface area (Å²) >= 11 is 0. The molecule has 2 unspecified atom stereocenters. The molecule has 2 fully saturated rings. The summed E-state index contributed by atoms with van der Waals surface area (Å²) in [6.45, 7) is 3.90. The Balaban J connectivity index is 1.70. The van der Waals surface area contributed by atoms with Crippen LogP contribution in [0.4, 0.5) is 0 Å². The monoisotopic (exact) mass is 220 g/mol. The number of likely N-dealkylation sites (tertiary alicyclic amines) is 1. The Kier molecular flexibility index (Phi) is 2.44. The highest BCUT2D eigenvalue weighted by Crippen LogP contribution is 2.27. The molecule has 0 saturated carbocycles. The van der Waals surface area contributed by atoms with Crippen molar-refractivity contribution < 1.29 is 9.21 Å². The number of fused-ring (bicyclic) bond motifs is 1. The summed E-state index contributed by atoms with van der Waals surface area (Å²) in [4.78, 5) is 14.0. The normalized spacial score (nSPS) is 29.1. The van der Waals surface area contributed by atoms with Crippen molar-refractivity contribution in [1.29, 1.82) is 0 Å². The molecule has 4 nitrogen and oxygen atoms in total. The van der Waals surface area contributed by atoms with Crippen LogP contribution in [-0.4, -0.2) is 37.0 Å². The van der Waals surface area contributed by atoms with Gasteiger partial charge in [-0.25, -0.2) is 0 Å². The fraction of sp³-hybridized carbons (Fsp3) is 0.583. The maximum Gasteiger partial charge on any atom is 0.289 e. The van der Waals surface area contributed by atoms with Gasteiger partial charge in [-0.2, -0.15) is 0 Å². The van der Waals surface area contributed by atoms with Crippen molar-refractivity contribution in [1.82, 2.24) is 10.2 Å². The maximum atomic E-state index is 12.1. The van der Waals surface area contributed by atoms with E-state index in [1.54, 1.807) is 18.4 Å². The van der Waals surface area contributed by atoms with Gasteiger partial charge in [0.15, 0.2) is 5.76 Å². The molecule has 0 bridgehead atoms. The van der Waals surface area contributed by atoms with Gasteiger partial charge in [0.05, 0.1) is 6.26 Å². The first-order valence-electron chi connectivity index (χ1n) is 5.88. The predicted octanol–water partition coefficient (Wildman–Crippen LogP) is 0.961. The van der Waals surface area contributed by atoms with Crippen LogP contribution < -0.4 is 5.32 Å². The Morgan fingerprint density at radius 1 is 1.44 bits per heavy atom. The van der Waals surface area contributed by atoms with Gasteiger partial charge < -0.3 is 14.6 Å². The third-order valence-corrected chi connectivity index (χ3v) is 3.72. The summed E-state index contributed by atoms with van der Waals surface area (Å²) < 4.78 is 5.15. The van der Waals surface area contributed by atoms with Crippen LogP contribution in [0.3, 0.4) is 0 Å². The molecule has 0 aliphatic carbocycles. The smallest absolute Gasteiger partial charge is 0.289 e. The zero-order valence-electron chi connectivity index (χ0n) is 9.19. The van der Waals surface area contributed by atoms with E-state index in [1.165, 1.54) is 0 Å². The topological polar surface area (TPSA) is 45.5 Å². The van der Waals surface area contributed by atoms with Crippen molar-refractivity contribution in [3.63, 3.8) is 0 Å². The molecule has 2 aliphatic rings. The molecule has 0 spiro atoms. The molecule has 3 heterocycles. The Bertz CT molecular complexity index is 374. The predicted molar refractivity (Wildman–Crippen MR) is 59.1 cm³/mol. The molecular formula is C12H16N2O2. The van der Waals surface area contributed by atoms with E-state index in [2.05, 4.69) is 5.32 Å². The van der Waals surface area contributed by atoms with E-state index in [-0.39, 0.29) is 5.91 Å². The second-order valence-electron chi connectivity index (χ2n) is 4.70. The van der Waals surface area contributed by atoms with Crippen molar-refractivity contribution in [2.24, 2.45) is 11.8 Å². The molecule has 1 amide bonds. The van der Waals surface area contributed by atoms with Crippen LogP contribution in [0.25, 0.3) is 0 Å². The third-order valence-electron chi connectivity index (χ3n) is 3.72. The fourth-order valence-corrected chi connectivity index (χ4v) is 2.78. The SMILES string of the molecule is O=C(c1ccco1)N1CCC2CNCC2C1. The molecule has 86 valence electrons. The average molecular weight is 220 g/mol. The number of amides is 1. The highest BCUT2D eigenvalue weighted by Gasteiger charge is 2.35. The standard InChI is InChI=1S/C12H16N2O2/c15-12(11-2-1-5-16-11)14-4-3-9-6-13-7-10(9)8-14/h1-2,5,9-10,13H,3-4,6-8H2. The Morgan fingerprint density at radius 2 is 2.31 bits per heavy atom. The lowest BCUT2D eigenvalue weighted by Crippen LogP contribution is -2.43. The van der Waals surface area contributed by atoms with Gasteiger partial charge in [0.1, 0.15) is 0 Å². The molecule has 1 aromatic rings. The lowest BCUT2D eigenvalue weighted by atomic mass is 9.88. The number of hydrogen-bond acceptors (Lipinski definition) is 3. The summed E-state index contributed by atoms with van der Waals surface area (Å²) in [5.41, 5.74) is 0. The van der Waals surface area contributed by atoms with Gasteiger partial charge in [0, 0.05) is 13.1 Å². The van der Waals surface area contributed by atoms with Crippen LogP contribution in [-0.2, 0) is 0 Å². The van der Waals surface area contributed by atoms with Crippen molar-refractivity contribution in [2.45, 2.75) is 6.42 Å². The molecule has 4 heteroatoms. The summed E-state index contributed by atoms with van der Waals surface area (Å²) in [5.74, 6) is 1.90. The van der Waals surface area contributed by atoms with E-state index in [0.29, 0.717) is 11.7 Å². The van der Waals surface area contributed by atoms with Gasteiger partial charge >= 0.3 is 0 Å². The Labute approximate surface area is 94.6 Å². The number of rotatable bonds is 1. The van der Waals surface area contributed by atoms with Crippen molar-refractivity contribution >= 4 is 5.91 Å². The second-order valence-corrected chi connectivity index (χ2v) is 4.70. The average Bonchev–Trinajstić information content (AvgIpc) is 2.98. The minimum Gasteiger partial charge on any atom is -0.459 e. The van der Waals surface area contributed by atoms with Crippen molar-refractivity contribution in [3.05, 3.63) is 24.2 Å². The van der Waals surface area contributed by atoms with Crippen LogP contribution in [0.5, 0.6) is 0 Å². The molecule has 2 atom stereocenters. The highest BCUT2D eigenvalue weighted by atomic mass is 16.3. The van der Waals surface area contributed by atoms with Gasteiger partial charge in [-0.05, 0) is 43.5 Å². The molecule has 0 aromatic carbocycles. The van der Waals surface area contributed by atoms with Gasteiger partial charge in [0.25, 0.3) is 5.91 Å². The lowest BCUT2D eigenvalue weighted by molar-refractivity contribution is 0.0611. The molecule has 0 radical (unpaired) electrons. The number of furan rings is 1. The van der Waals surface area contributed by atoms with Gasteiger partial charge in [-0.1, -0.05) is 0 Å². The number of carbonyl (C=O) groups is 1. The summed E-state index contributed by atoms with van der Waals surface area (Å²) in [6.07, 6.45) is 2.67. The van der Waals surface area contributed by atoms with Gasteiger partial charge in [0.2, 0.25) is 0 Å². The van der Waals surface area contributed by atoms with E-state index in [4.69, 9.17) is 4.42 Å². The van der Waals surface area contributed by atoms with Crippen LogP contribution in [0, 0.1) is 11.8 Å². The quantitative estimate of drug-likeness (QED) is 0.766. The van der Waals surface area contributed by atoms with Crippen LogP contribution in [0.1, 0.15) is 17.0 Å². The maximum absolute atomic E-state index is 12.1. The minimum absolute atomic E-state index is 0.0374. The van der Waals surface area contributed by atoms with E-state index in [9.17, 15) is 4.79 Å². The van der Waals surface area contributed by atoms with Gasteiger partial charge in [-0.15, -0.1) is 0 Å². The zero-order valence-corrected chi connectivity index (χ0v) is 9.19. The Hall–Kier alpha value is -1.29. The third kappa shape index (κ3) is 1.63. The van der Waals surface area contributed by atoms with E-state index < -0.39 is 0 Å². The first-order chi connectivity index (χ1) is 7.84. The summed E-state index contributed by atoms with van der Waals surface area (Å²) in [5, 5.41) is 3.40. The van der Waals surface area contributed by atoms with Gasteiger partial charge in [-0.3, -0.25) is 4.79 Å². The molecule has 3 rings (SSSR count). The summed E-state index contributed by atoms with van der Waals surface area (Å²) in [6, 6.07) is 3.50. The number of hydrogen-bond donors (Lipinski definition) is 1. The lowest BCUT2D eigenvalue weighted by Gasteiger charge is -2.33.